The second-order valence-corrected chi connectivity index (χ2v) is 3.13. The Labute approximate surface area is 86.5 Å². The second kappa shape index (κ2) is 3.84. The molecule has 0 aliphatic heterocycles. The molecule has 0 aliphatic rings. The van der Waals surface area contributed by atoms with Crippen LogP contribution in [0.2, 0.25) is 0 Å². The lowest BCUT2D eigenvalue weighted by Gasteiger charge is -2.00. The third kappa shape index (κ3) is 2.06. The highest BCUT2D eigenvalue weighted by Crippen LogP contribution is 2.15. The van der Waals surface area contributed by atoms with Gasteiger partial charge < -0.3 is 14.5 Å². The number of aryl methyl sites for hydroxylation is 1. The fourth-order valence-electron chi connectivity index (χ4n) is 1.25. The van der Waals surface area contributed by atoms with Crippen molar-refractivity contribution in [2.75, 3.05) is 0 Å². The normalized spacial score (nSPS) is 10.3. The molecule has 6 heteroatoms. The van der Waals surface area contributed by atoms with Gasteiger partial charge in [0.2, 0.25) is 11.8 Å². The van der Waals surface area contributed by atoms with Crippen LogP contribution in [-0.2, 0) is 0 Å². The molecule has 2 rings (SSSR count). The topological polar surface area (TPSA) is 79.4 Å². The molecule has 1 aromatic heterocycles. The molecule has 76 valence electrons. The highest BCUT2D eigenvalue weighted by molar-refractivity contribution is 6.58. The molecule has 0 radical (unpaired) electrons. The third-order valence-electron chi connectivity index (χ3n) is 1.96. The average Bonchev–Trinajstić information content (AvgIpc) is 2.65. The number of aromatic nitrogens is 2. The van der Waals surface area contributed by atoms with Crippen molar-refractivity contribution in [1.29, 1.82) is 0 Å². The first kappa shape index (κ1) is 9.88. The maximum Gasteiger partial charge on any atom is 0.488 e. The Balaban J connectivity index is 2.41. The number of hydrogen-bond donors (Lipinski definition) is 2. The molecule has 0 bridgehead atoms. The average molecular weight is 204 g/mol. The Morgan fingerprint density at radius 3 is 2.67 bits per heavy atom. The SMILES string of the molecule is Cc1nnc(-c2cccc(B(O)O)c2)o1. The van der Waals surface area contributed by atoms with Crippen LogP contribution in [0, 0.1) is 6.92 Å². The smallest absolute Gasteiger partial charge is 0.423 e. The summed E-state index contributed by atoms with van der Waals surface area (Å²) in [6.45, 7) is 1.70. The summed E-state index contributed by atoms with van der Waals surface area (Å²) in [6.07, 6.45) is 0. The van der Waals surface area contributed by atoms with Crippen LogP contribution in [0.5, 0.6) is 0 Å². The molecule has 2 N–H and O–H groups in total. The van der Waals surface area contributed by atoms with E-state index in [0.717, 1.165) is 0 Å². The molecule has 1 heterocycles. The van der Waals surface area contributed by atoms with Crippen LogP contribution in [0.3, 0.4) is 0 Å². The van der Waals surface area contributed by atoms with E-state index in [1.807, 2.05) is 0 Å². The van der Waals surface area contributed by atoms with Crippen LogP contribution >= 0.6 is 0 Å². The van der Waals surface area contributed by atoms with E-state index in [-0.39, 0.29) is 0 Å². The lowest BCUT2D eigenvalue weighted by molar-refractivity contribution is 0.426. The number of nitrogens with zero attached hydrogens (tertiary/aromatic N) is 2. The summed E-state index contributed by atoms with van der Waals surface area (Å²) >= 11 is 0. The van der Waals surface area contributed by atoms with Crippen molar-refractivity contribution in [3.05, 3.63) is 30.2 Å². The zero-order chi connectivity index (χ0) is 10.8. The van der Waals surface area contributed by atoms with E-state index in [0.29, 0.717) is 22.8 Å². The van der Waals surface area contributed by atoms with Gasteiger partial charge in [0.1, 0.15) is 0 Å². The molecule has 5 nitrogen and oxygen atoms in total. The lowest BCUT2D eigenvalue weighted by Crippen LogP contribution is -2.29. The summed E-state index contributed by atoms with van der Waals surface area (Å²) in [5.41, 5.74) is 1.06. The zero-order valence-electron chi connectivity index (χ0n) is 8.08. The molecule has 0 spiro atoms. The first-order valence-electron chi connectivity index (χ1n) is 4.43. The first-order valence-corrected chi connectivity index (χ1v) is 4.43. The summed E-state index contributed by atoms with van der Waals surface area (Å²) in [5.74, 6) is 0.843. The van der Waals surface area contributed by atoms with Crippen LogP contribution in [-0.4, -0.2) is 27.4 Å². The summed E-state index contributed by atoms with van der Waals surface area (Å²) in [7, 11) is -1.49. The van der Waals surface area contributed by atoms with E-state index < -0.39 is 7.12 Å². The van der Waals surface area contributed by atoms with Gasteiger partial charge in [0.15, 0.2) is 0 Å². The maximum absolute atomic E-state index is 8.99. The van der Waals surface area contributed by atoms with Crippen molar-refractivity contribution < 1.29 is 14.5 Å². The lowest BCUT2D eigenvalue weighted by atomic mass is 9.80. The molecule has 2 aromatic rings. The molecule has 1 aromatic carbocycles. The Hall–Kier alpha value is -1.66. The predicted molar refractivity (Wildman–Crippen MR) is 54.3 cm³/mol. The van der Waals surface area contributed by atoms with Gasteiger partial charge in [-0.25, -0.2) is 0 Å². The van der Waals surface area contributed by atoms with Gasteiger partial charge in [0, 0.05) is 12.5 Å². The molecular weight excluding hydrogens is 195 g/mol. The van der Waals surface area contributed by atoms with Crippen molar-refractivity contribution in [1.82, 2.24) is 10.2 Å². The Bertz CT molecular complexity index is 470. The van der Waals surface area contributed by atoms with Crippen molar-refractivity contribution in [3.63, 3.8) is 0 Å². The zero-order valence-corrected chi connectivity index (χ0v) is 8.08. The van der Waals surface area contributed by atoms with Crippen molar-refractivity contribution >= 4 is 12.6 Å². The van der Waals surface area contributed by atoms with Gasteiger partial charge in [-0.05, 0) is 17.6 Å². The Kier molecular flexibility index (Phi) is 2.53. The van der Waals surface area contributed by atoms with Gasteiger partial charge in [-0.1, -0.05) is 12.1 Å². The molecule has 0 aliphatic carbocycles. The largest absolute Gasteiger partial charge is 0.488 e. The number of rotatable bonds is 2. The Morgan fingerprint density at radius 1 is 1.27 bits per heavy atom. The maximum atomic E-state index is 8.99. The van der Waals surface area contributed by atoms with Gasteiger partial charge in [0.05, 0.1) is 0 Å². The van der Waals surface area contributed by atoms with E-state index >= 15 is 0 Å². The van der Waals surface area contributed by atoms with Crippen LogP contribution < -0.4 is 5.46 Å². The highest BCUT2D eigenvalue weighted by Gasteiger charge is 2.13. The molecule has 15 heavy (non-hydrogen) atoms. The number of benzene rings is 1. The van der Waals surface area contributed by atoms with Gasteiger partial charge in [-0.15, -0.1) is 10.2 Å². The second-order valence-electron chi connectivity index (χ2n) is 3.13. The third-order valence-corrected chi connectivity index (χ3v) is 1.96. The predicted octanol–water partition coefficient (Wildman–Crippen LogP) is -0.275. The molecule has 0 fully saturated rings. The molecule has 0 saturated heterocycles. The van der Waals surface area contributed by atoms with Crippen LogP contribution in [0.1, 0.15) is 5.89 Å². The number of hydrogen-bond acceptors (Lipinski definition) is 5. The monoisotopic (exact) mass is 204 g/mol. The van der Waals surface area contributed by atoms with E-state index in [1.54, 1.807) is 31.2 Å². The molecule has 0 atom stereocenters. The van der Waals surface area contributed by atoms with E-state index in [4.69, 9.17) is 14.5 Å². The first-order chi connectivity index (χ1) is 7.16. The fraction of sp³-hybridized carbons (Fsp3) is 0.111. The van der Waals surface area contributed by atoms with E-state index in [1.165, 1.54) is 0 Å². The quantitative estimate of drug-likeness (QED) is 0.658. The fourth-order valence-corrected chi connectivity index (χ4v) is 1.25. The van der Waals surface area contributed by atoms with E-state index in [9.17, 15) is 0 Å². The molecule has 0 unspecified atom stereocenters. The van der Waals surface area contributed by atoms with Gasteiger partial charge in [-0.3, -0.25) is 0 Å². The minimum Gasteiger partial charge on any atom is -0.423 e. The van der Waals surface area contributed by atoms with Crippen molar-refractivity contribution in [3.8, 4) is 11.5 Å². The van der Waals surface area contributed by atoms with Crippen LogP contribution in [0.4, 0.5) is 0 Å². The van der Waals surface area contributed by atoms with Crippen LogP contribution in [0.25, 0.3) is 11.5 Å². The summed E-state index contributed by atoms with van der Waals surface area (Å²) in [5, 5.41) is 25.5. The standard InChI is InChI=1S/C9H9BN2O3/c1-6-11-12-9(15-6)7-3-2-4-8(5-7)10(13)14/h2-5,13-14H,1H3. The van der Waals surface area contributed by atoms with Crippen LogP contribution in [0.15, 0.2) is 28.7 Å². The van der Waals surface area contributed by atoms with Crippen molar-refractivity contribution in [2.24, 2.45) is 0 Å². The Morgan fingerprint density at radius 2 is 2.07 bits per heavy atom. The summed E-state index contributed by atoms with van der Waals surface area (Å²) in [4.78, 5) is 0. The minimum absolute atomic E-state index is 0.370. The minimum atomic E-state index is -1.49. The van der Waals surface area contributed by atoms with Crippen molar-refractivity contribution in [2.45, 2.75) is 6.92 Å². The van der Waals surface area contributed by atoms with Gasteiger partial charge in [0.25, 0.3) is 0 Å². The molecule has 0 amide bonds. The van der Waals surface area contributed by atoms with E-state index in [2.05, 4.69) is 10.2 Å². The molecule has 0 saturated carbocycles. The van der Waals surface area contributed by atoms with Gasteiger partial charge >= 0.3 is 7.12 Å². The molecular formula is C9H9BN2O3. The summed E-state index contributed by atoms with van der Waals surface area (Å²) in [6, 6.07) is 6.66. The van der Waals surface area contributed by atoms with Gasteiger partial charge in [-0.2, -0.15) is 0 Å². The summed E-state index contributed by atoms with van der Waals surface area (Å²) < 4.78 is 5.22. The highest BCUT2D eigenvalue weighted by atomic mass is 16.4.